The largest absolute Gasteiger partial charge is 0.480 e. The summed E-state index contributed by atoms with van der Waals surface area (Å²) >= 11 is 0. The Labute approximate surface area is 204 Å². The molecule has 2 aromatic carbocycles. The molecule has 0 saturated carbocycles. The number of likely N-dealkylation sites (tertiary alicyclic amines) is 1. The van der Waals surface area contributed by atoms with E-state index < -0.39 is 30.1 Å². The zero-order valence-corrected chi connectivity index (χ0v) is 20.0. The molecule has 1 aliphatic heterocycles. The molecule has 186 valence electrons. The molecule has 0 radical (unpaired) electrons. The quantitative estimate of drug-likeness (QED) is 0.534. The Hall–Kier alpha value is -3.39. The number of hydrogen-bond acceptors (Lipinski definition) is 5. The number of carbonyl (C=O) groups is 3. The molecule has 1 saturated heterocycles. The Morgan fingerprint density at radius 2 is 1.66 bits per heavy atom. The maximum atomic E-state index is 13.2. The highest BCUT2D eigenvalue weighted by Crippen LogP contribution is 2.44. The summed E-state index contributed by atoms with van der Waals surface area (Å²) in [5.74, 6) is -2.03. The van der Waals surface area contributed by atoms with E-state index in [0.29, 0.717) is 6.42 Å². The standard InChI is InChI=1S/C27H32N2O6/c1-16(2)11-17(25(31)29-14-18(30)12-24(29)26(32)33)13-28-27(34)35-15-23-21-9-5-3-7-19(21)20-8-4-6-10-22(20)23/h3-10,16-18,23-24,30H,11-15H2,1-2H3,(H,28,34)(H,32,33)/t17?,18-,24-/m0/s1. The first-order chi connectivity index (χ1) is 16.8. The Morgan fingerprint density at radius 3 is 2.23 bits per heavy atom. The number of carboxylic acid groups (broad SMARTS) is 1. The van der Waals surface area contributed by atoms with Crippen molar-refractivity contribution in [1.29, 1.82) is 0 Å². The van der Waals surface area contributed by atoms with Gasteiger partial charge in [0.05, 0.1) is 12.0 Å². The number of aliphatic carboxylic acids is 1. The predicted molar refractivity (Wildman–Crippen MR) is 130 cm³/mol. The first kappa shape index (κ1) is 24.7. The number of carboxylic acids is 1. The lowest BCUT2D eigenvalue weighted by Crippen LogP contribution is -2.47. The minimum absolute atomic E-state index is 0.00921. The average Bonchev–Trinajstić information content (AvgIpc) is 3.38. The van der Waals surface area contributed by atoms with Crippen molar-refractivity contribution < 1.29 is 29.3 Å². The number of hydrogen-bond donors (Lipinski definition) is 3. The van der Waals surface area contributed by atoms with Crippen LogP contribution in [0.1, 0.15) is 43.7 Å². The van der Waals surface area contributed by atoms with Gasteiger partial charge in [-0.05, 0) is 34.6 Å². The molecule has 8 nitrogen and oxygen atoms in total. The van der Waals surface area contributed by atoms with Crippen LogP contribution in [0.25, 0.3) is 11.1 Å². The van der Waals surface area contributed by atoms with E-state index in [-0.39, 0.29) is 43.9 Å². The maximum Gasteiger partial charge on any atom is 0.407 e. The van der Waals surface area contributed by atoms with Gasteiger partial charge in [-0.2, -0.15) is 0 Å². The number of benzene rings is 2. The number of β-amino-alcohol motifs (C(OH)–C–C–N with tert-alkyl or cyclic N) is 1. The molecule has 35 heavy (non-hydrogen) atoms. The summed E-state index contributed by atoms with van der Waals surface area (Å²) in [6.07, 6.45) is -1.00. The van der Waals surface area contributed by atoms with Crippen molar-refractivity contribution in [3.8, 4) is 11.1 Å². The van der Waals surface area contributed by atoms with Crippen LogP contribution in [-0.4, -0.2) is 64.9 Å². The lowest BCUT2D eigenvalue weighted by Gasteiger charge is -2.27. The van der Waals surface area contributed by atoms with E-state index in [1.54, 1.807) is 0 Å². The van der Waals surface area contributed by atoms with Crippen molar-refractivity contribution in [3.05, 3.63) is 59.7 Å². The second kappa shape index (κ2) is 10.5. The Kier molecular flexibility index (Phi) is 7.40. The van der Waals surface area contributed by atoms with Gasteiger partial charge in [0.15, 0.2) is 0 Å². The van der Waals surface area contributed by atoms with E-state index in [9.17, 15) is 24.6 Å². The fourth-order valence-electron chi connectivity index (χ4n) is 5.22. The smallest absolute Gasteiger partial charge is 0.407 e. The van der Waals surface area contributed by atoms with Crippen molar-refractivity contribution in [2.24, 2.45) is 11.8 Å². The van der Waals surface area contributed by atoms with Crippen LogP contribution < -0.4 is 5.32 Å². The molecule has 2 aromatic rings. The van der Waals surface area contributed by atoms with E-state index in [0.717, 1.165) is 22.3 Å². The van der Waals surface area contributed by atoms with Gasteiger partial charge >= 0.3 is 12.1 Å². The van der Waals surface area contributed by atoms with Gasteiger partial charge in [0.25, 0.3) is 0 Å². The van der Waals surface area contributed by atoms with Gasteiger partial charge in [-0.3, -0.25) is 4.79 Å². The van der Waals surface area contributed by atoms with Gasteiger partial charge in [0, 0.05) is 25.4 Å². The number of nitrogens with one attached hydrogen (secondary N) is 1. The summed E-state index contributed by atoms with van der Waals surface area (Å²) in [4.78, 5) is 38.5. The minimum Gasteiger partial charge on any atom is -0.480 e. The van der Waals surface area contributed by atoms with Crippen LogP contribution in [0, 0.1) is 11.8 Å². The molecular weight excluding hydrogens is 448 g/mol. The molecule has 3 atom stereocenters. The van der Waals surface area contributed by atoms with Gasteiger partial charge in [-0.15, -0.1) is 0 Å². The summed E-state index contributed by atoms with van der Waals surface area (Å²) in [5.41, 5.74) is 4.50. The second-order valence-corrected chi connectivity index (χ2v) is 9.77. The molecule has 1 aliphatic carbocycles. The highest BCUT2D eigenvalue weighted by atomic mass is 16.5. The minimum atomic E-state index is -1.14. The van der Waals surface area contributed by atoms with Crippen molar-refractivity contribution in [2.45, 2.75) is 44.8 Å². The van der Waals surface area contributed by atoms with Crippen LogP contribution in [-0.2, 0) is 14.3 Å². The summed E-state index contributed by atoms with van der Waals surface area (Å²) < 4.78 is 5.57. The van der Waals surface area contributed by atoms with Crippen LogP contribution in [0.15, 0.2) is 48.5 Å². The number of fused-ring (bicyclic) bond motifs is 3. The highest BCUT2D eigenvalue weighted by Gasteiger charge is 2.41. The Balaban J connectivity index is 1.38. The third-order valence-electron chi connectivity index (χ3n) is 6.79. The number of amides is 2. The summed E-state index contributed by atoms with van der Waals surface area (Å²) in [5, 5.41) is 22.1. The average molecular weight is 481 g/mol. The number of aliphatic hydroxyl groups excluding tert-OH is 1. The lowest BCUT2D eigenvalue weighted by molar-refractivity contribution is -0.150. The molecule has 0 bridgehead atoms. The third kappa shape index (κ3) is 5.32. The Bertz CT molecular complexity index is 1060. The van der Waals surface area contributed by atoms with Crippen molar-refractivity contribution >= 4 is 18.0 Å². The van der Waals surface area contributed by atoms with Crippen molar-refractivity contribution in [1.82, 2.24) is 10.2 Å². The van der Waals surface area contributed by atoms with Crippen LogP contribution in [0.5, 0.6) is 0 Å². The van der Waals surface area contributed by atoms with E-state index >= 15 is 0 Å². The number of rotatable bonds is 8. The monoisotopic (exact) mass is 480 g/mol. The zero-order chi connectivity index (χ0) is 25.1. The molecule has 2 amide bonds. The maximum absolute atomic E-state index is 13.2. The first-order valence-corrected chi connectivity index (χ1v) is 12.1. The second-order valence-electron chi connectivity index (χ2n) is 9.77. The normalized spacial score (nSPS) is 19.8. The fraction of sp³-hybridized carbons (Fsp3) is 0.444. The van der Waals surface area contributed by atoms with E-state index in [1.165, 1.54) is 4.90 Å². The molecule has 0 aromatic heterocycles. The number of nitrogens with zero attached hydrogens (tertiary/aromatic N) is 1. The number of carbonyl (C=O) groups excluding carboxylic acids is 2. The number of ether oxygens (including phenoxy) is 1. The third-order valence-corrected chi connectivity index (χ3v) is 6.79. The van der Waals surface area contributed by atoms with Crippen LogP contribution >= 0.6 is 0 Å². The van der Waals surface area contributed by atoms with E-state index in [1.807, 2.05) is 50.2 Å². The van der Waals surface area contributed by atoms with Gasteiger partial charge in [0.2, 0.25) is 5.91 Å². The van der Waals surface area contributed by atoms with Crippen LogP contribution in [0.2, 0.25) is 0 Å². The first-order valence-electron chi connectivity index (χ1n) is 12.1. The van der Waals surface area contributed by atoms with Crippen LogP contribution in [0.4, 0.5) is 4.79 Å². The molecule has 3 N–H and O–H groups in total. The molecule has 2 aliphatic rings. The van der Waals surface area contributed by atoms with Crippen LogP contribution in [0.3, 0.4) is 0 Å². The van der Waals surface area contributed by atoms with Gasteiger partial charge in [-0.1, -0.05) is 62.4 Å². The SMILES string of the molecule is CC(C)CC(CNC(=O)OCC1c2ccccc2-c2ccccc21)C(=O)N1C[C@@H](O)C[C@H]1C(=O)O. The van der Waals surface area contributed by atoms with E-state index in [2.05, 4.69) is 17.4 Å². The summed E-state index contributed by atoms with van der Waals surface area (Å²) in [6.45, 7) is 4.10. The molecule has 1 heterocycles. The molecule has 4 rings (SSSR count). The molecule has 1 unspecified atom stereocenters. The van der Waals surface area contributed by atoms with Gasteiger partial charge < -0.3 is 25.2 Å². The topological polar surface area (TPSA) is 116 Å². The van der Waals surface area contributed by atoms with Gasteiger partial charge in [0.1, 0.15) is 12.6 Å². The van der Waals surface area contributed by atoms with Crippen molar-refractivity contribution in [3.63, 3.8) is 0 Å². The summed E-state index contributed by atoms with van der Waals surface area (Å²) in [7, 11) is 0. The molecular formula is C27H32N2O6. The molecule has 0 spiro atoms. The summed E-state index contributed by atoms with van der Waals surface area (Å²) in [6, 6.07) is 15.1. The highest BCUT2D eigenvalue weighted by molar-refractivity contribution is 5.86. The number of alkyl carbamates (subject to hydrolysis) is 1. The van der Waals surface area contributed by atoms with Gasteiger partial charge in [-0.25, -0.2) is 9.59 Å². The Morgan fingerprint density at radius 1 is 1.06 bits per heavy atom. The molecule has 8 heteroatoms. The lowest BCUT2D eigenvalue weighted by atomic mass is 9.95. The molecule has 1 fully saturated rings. The number of aliphatic hydroxyl groups is 1. The van der Waals surface area contributed by atoms with E-state index in [4.69, 9.17) is 4.74 Å². The predicted octanol–water partition coefficient (Wildman–Crippen LogP) is 3.23. The zero-order valence-electron chi connectivity index (χ0n) is 20.0. The van der Waals surface area contributed by atoms with Crippen molar-refractivity contribution in [2.75, 3.05) is 19.7 Å². The fourth-order valence-corrected chi connectivity index (χ4v) is 5.22.